The molecule has 0 bridgehead atoms. The third kappa shape index (κ3) is 2.47. The van der Waals surface area contributed by atoms with Crippen molar-refractivity contribution in [3.05, 3.63) is 55.1 Å². The van der Waals surface area contributed by atoms with Crippen molar-refractivity contribution in [3.8, 4) is 11.4 Å². The molecule has 0 aliphatic carbocycles. The van der Waals surface area contributed by atoms with Gasteiger partial charge < -0.3 is 9.82 Å². The van der Waals surface area contributed by atoms with Crippen molar-refractivity contribution in [1.29, 1.82) is 0 Å². The number of alkyl halides is 3. The van der Waals surface area contributed by atoms with Crippen LogP contribution in [0.2, 0.25) is 5.02 Å². The van der Waals surface area contributed by atoms with Gasteiger partial charge in [0, 0.05) is 11.6 Å². The van der Waals surface area contributed by atoms with Crippen molar-refractivity contribution in [2.24, 2.45) is 0 Å². The van der Waals surface area contributed by atoms with Crippen LogP contribution in [-0.2, 0) is 6.18 Å². The molecule has 1 aliphatic rings. The molecule has 1 atom stereocenters. The predicted molar refractivity (Wildman–Crippen MR) is 74.8 cm³/mol. The zero-order valence-electron chi connectivity index (χ0n) is 11.8. The number of hydrogen-bond acceptors (Lipinski definition) is 4. The normalized spacial score (nSPS) is 16.8. The second-order valence-corrected chi connectivity index (χ2v) is 5.44. The largest absolute Gasteiger partial charge is 0.431 e. The number of fused-ring (bicyclic) bond motifs is 1. The summed E-state index contributed by atoms with van der Waals surface area (Å²) < 4.78 is 52.4. The molecule has 2 heterocycles. The summed E-state index contributed by atoms with van der Waals surface area (Å²) >= 11 is 5.91. The molecule has 0 amide bonds. The number of aromatic amines is 1. The second kappa shape index (κ2) is 5.35. The number of halogens is 5. The van der Waals surface area contributed by atoms with Crippen molar-refractivity contribution in [2.75, 3.05) is 0 Å². The van der Waals surface area contributed by atoms with Crippen LogP contribution in [0.15, 0.2) is 21.7 Å². The van der Waals surface area contributed by atoms with E-state index in [0.717, 1.165) is 6.07 Å². The fraction of sp³-hybridized carbons (Fsp3) is 0.231. The lowest BCUT2D eigenvalue weighted by molar-refractivity contribution is -0.141. The van der Waals surface area contributed by atoms with Gasteiger partial charge in [-0.2, -0.15) is 13.2 Å². The fourth-order valence-electron chi connectivity index (χ4n) is 2.38. The Morgan fingerprint density at radius 2 is 1.96 bits per heavy atom. The number of nitrogens with one attached hydrogen (secondary N) is 2. The molecule has 0 saturated carbocycles. The molecule has 3 rings (SSSR count). The van der Waals surface area contributed by atoms with Crippen LogP contribution in [0.4, 0.5) is 17.6 Å². The first-order valence-electron chi connectivity index (χ1n) is 6.49. The number of H-pyrrole nitrogens is 1. The Bertz CT molecular complexity index is 920. The standard InChI is InChI=1S/C13H8ClF4N3O3/c1-4-9-5(14)2-6(15)10(11(9)24-20-4)21-8(22)3-7(13(16,17)18)19-12(21)23/h2-4,20H,1H3,(H,19,23). The van der Waals surface area contributed by atoms with E-state index in [9.17, 15) is 27.2 Å². The number of hydroxylamine groups is 1. The Hall–Kier alpha value is -2.33. The lowest BCUT2D eigenvalue weighted by Gasteiger charge is -2.12. The van der Waals surface area contributed by atoms with E-state index in [-0.39, 0.29) is 27.0 Å². The monoisotopic (exact) mass is 365 g/mol. The van der Waals surface area contributed by atoms with Gasteiger partial charge in [0.1, 0.15) is 11.4 Å². The third-order valence-corrected chi connectivity index (χ3v) is 3.74. The van der Waals surface area contributed by atoms with Gasteiger partial charge in [0.15, 0.2) is 11.6 Å². The molecule has 2 N–H and O–H groups in total. The van der Waals surface area contributed by atoms with Gasteiger partial charge in [0.05, 0.1) is 11.1 Å². The van der Waals surface area contributed by atoms with Crippen LogP contribution in [0.25, 0.3) is 5.69 Å². The number of benzene rings is 1. The van der Waals surface area contributed by atoms with E-state index in [2.05, 4.69) is 5.48 Å². The van der Waals surface area contributed by atoms with Gasteiger partial charge in [-0.1, -0.05) is 11.6 Å². The predicted octanol–water partition coefficient (Wildman–Crippen LogP) is 2.30. The minimum absolute atomic E-state index is 0.0138. The number of hydrogen-bond donors (Lipinski definition) is 2. The maximum Gasteiger partial charge on any atom is 0.431 e. The highest BCUT2D eigenvalue weighted by molar-refractivity contribution is 6.31. The van der Waals surface area contributed by atoms with Crippen molar-refractivity contribution in [3.63, 3.8) is 0 Å². The van der Waals surface area contributed by atoms with Crippen molar-refractivity contribution >= 4 is 11.6 Å². The molecule has 0 saturated heterocycles. The van der Waals surface area contributed by atoms with Gasteiger partial charge in [0.2, 0.25) is 0 Å². The van der Waals surface area contributed by atoms with E-state index in [1.165, 1.54) is 4.98 Å². The topological polar surface area (TPSA) is 76.1 Å². The van der Waals surface area contributed by atoms with Crippen LogP contribution in [0.5, 0.6) is 5.75 Å². The number of aromatic nitrogens is 2. The van der Waals surface area contributed by atoms with E-state index in [1.54, 1.807) is 6.92 Å². The van der Waals surface area contributed by atoms with Gasteiger partial charge >= 0.3 is 11.9 Å². The Morgan fingerprint density at radius 1 is 1.29 bits per heavy atom. The minimum atomic E-state index is -4.93. The average Bonchev–Trinajstić information content (AvgIpc) is 2.82. The van der Waals surface area contributed by atoms with Crippen LogP contribution >= 0.6 is 11.6 Å². The summed E-state index contributed by atoms with van der Waals surface area (Å²) in [6, 6.07) is 0.538. The first kappa shape index (κ1) is 16.5. The summed E-state index contributed by atoms with van der Waals surface area (Å²) in [4.78, 5) is 30.5. The van der Waals surface area contributed by atoms with Crippen LogP contribution < -0.4 is 21.6 Å². The molecule has 128 valence electrons. The smallest absolute Gasteiger partial charge is 0.405 e. The zero-order valence-corrected chi connectivity index (χ0v) is 12.5. The second-order valence-electron chi connectivity index (χ2n) is 5.03. The molecule has 0 spiro atoms. The Labute approximate surface area is 135 Å². The van der Waals surface area contributed by atoms with Crippen LogP contribution in [0, 0.1) is 5.82 Å². The van der Waals surface area contributed by atoms with Crippen LogP contribution in [0.3, 0.4) is 0 Å². The van der Waals surface area contributed by atoms with E-state index >= 15 is 0 Å². The maximum atomic E-state index is 14.3. The molecule has 1 aromatic carbocycles. The zero-order chi connectivity index (χ0) is 17.8. The lowest BCUT2D eigenvalue weighted by atomic mass is 10.1. The molecule has 0 fully saturated rings. The quantitative estimate of drug-likeness (QED) is 0.760. The highest BCUT2D eigenvalue weighted by Gasteiger charge is 2.35. The van der Waals surface area contributed by atoms with Gasteiger partial charge in [-0.25, -0.2) is 13.8 Å². The number of nitrogens with zero attached hydrogens (tertiary/aromatic N) is 1. The van der Waals surface area contributed by atoms with E-state index in [0.29, 0.717) is 0 Å². The third-order valence-electron chi connectivity index (χ3n) is 3.43. The molecule has 2 aromatic rings. The van der Waals surface area contributed by atoms with Crippen LogP contribution in [0.1, 0.15) is 24.2 Å². The van der Waals surface area contributed by atoms with E-state index < -0.39 is 40.7 Å². The van der Waals surface area contributed by atoms with Crippen LogP contribution in [-0.4, -0.2) is 9.55 Å². The number of rotatable bonds is 1. The molecule has 11 heteroatoms. The Morgan fingerprint density at radius 3 is 2.54 bits per heavy atom. The lowest BCUT2D eigenvalue weighted by Crippen LogP contribution is -2.36. The van der Waals surface area contributed by atoms with Gasteiger partial charge in [-0.05, 0) is 13.0 Å². The van der Waals surface area contributed by atoms with Gasteiger partial charge in [-0.3, -0.25) is 4.79 Å². The van der Waals surface area contributed by atoms with Gasteiger partial charge in [0.25, 0.3) is 5.56 Å². The SMILES string of the molecule is CC1NOc2c1c(Cl)cc(F)c2-n1c(=O)cc(C(F)(F)F)[nH]c1=O. The Balaban J connectivity index is 2.33. The van der Waals surface area contributed by atoms with Gasteiger partial charge in [-0.15, -0.1) is 5.48 Å². The average molecular weight is 366 g/mol. The van der Waals surface area contributed by atoms with E-state index in [1.807, 2.05) is 0 Å². The first-order chi connectivity index (χ1) is 11.1. The molecule has 24 heavy (non-hydrogen) atoms. The highest BCUT2D eigenvalue weighted by atomic mass is 35.5. The van der Waals surface area contributed by atoms with Crippen molar-refractivity contribution in [1.82, 2.24) is 15.0 Å². The summed E-state index contributed by atoms with van der Waals surface area (Å²) in [6.07, 6.45) is -4.93. The maximum absolute atomic E-state index is 14.3. The Kier molecular flexibility index (Phi) is 3.68. The molecule has 1 unspecified atom stereocenters. The molecule has 0 radical (unpaired) electrons. The molecule has 1 aromatic heterocycles. The van der Waals surface area contributed by atoms with Crippen molar-refractivity contribution in [2.45, 2.75) is 19.1 Å². The summed E-state index contributed by atoms with van der Waals surface area (Å²) in [5.74, 6) is -1.33. The molecule has 6 nitrogen and oxygen atoms in total. The summed E-state index contributed by atoms with van der Waals surface area (Å²) in [5, 5.41) is -0.0138. The molecular formula is C13H8ClF4N3O3. The van der Waals surface area contributed by atoms with Crippen molar-refractivity contribution < 1.29 is 22.4 Å². The summed E-state index contributed by atoms with van der Waals surface area (Å²) in [5.41, 5.74) is -2.22. The highest BCUT2D eigenvalue weighted by Crippen LogP contribution is 2.41. The fourth-order valence-corrected chi connectivity index (χ4v) is 2.73. The summed E-state index contributed by atoms with van der Waals surface area (Å²) in [7, 11) is 0. The first-order valence-corrected chi connectivity index (χ1v) is 6.87. The van der Waals surface area contributed by atoms with E-state index in [4.69, 9.17) is 16.4 Å². The minimum Gasteiger partial charge on any atom is -0.405 e. The summed E-state index contributed by atoms with van der Waals surface area (Å²) in [6.45, 7) is 1.62. The molecular weight excluding hydrogens is 358 g/mol. The molecule has 1 aliphatic heterocycles.